The number of esters is 1. The van der Waals surface area contributed by atoms with E-state index in [4.69, 9.17) is 10.2 Å². The van der Waals surface area contributed by atoms with E-state index in [0.29, 0.717) is 17.7 Å². The number of methoxy groups -OCH3 is 1. The number of rotatable bonds is 3. The number of hydrogen-bond acceptors (Lipinski definition) is 4. The second kappa shape index (κ2) is 3.38. The molecule has 0 aromatic carbocycles. The van der Waals surface area contributed by atoms with E-state index in [-0.39, 0.29) is 11.5 Å². The summed E-state index contributed by atoms with van der Waals surface area (Å²) >= 11 is 0. The molecule has 0 aliphatic heterocycles. The van der Waals surface area contributed by atoms with Crippen molar-refractivity contribution in [1.82, 2.24) is 0 Å². The van der Waals surface area contributed by atoms with Gasteiger partial charge in [0.05, 0.1) is 7.11 Å². The smallest absolute Gasteiger partial charge is 0.341 e. The summed E-state index contributed by atoms with van der Waals surface area (Å²) in [4.78, 5) is 11.3. The summed E-state index contributed by atoms with van der Waals surface area (Å²) < 4.78 is 10.1. The van der Waals surface area contributed by atoms with Crippen LogP contribution in [-0.2, 0) is 11.2 Å². The number of carbonyl (C=O) groups excluding carboxylic acids is 1. The third-order valence-electron chi connectivity index (χ3n) is 2.79. The second-order valence-electron chi connectivity index (χ2n) is 4.21. The van der Waals surface area contributed by atoms with Gasteiger partial charge in [0.25, 0.3) is 0 Å². The molecule has 0 radical (unpaired) electrons. The van der Waals surface area contributed by atoms with Crippen LogP contribution in [0.25, 0.3) is 0 Å². The number of aryl methyl sites for hydroxylation is 1. The molecule has 1 aromatic heterocycles. The van der Waals surface area contributed by atoms with Crippen LogP contribution in [-0.4, -0.2) is 18.6 Å². The first-order chi connectivity index (χ1) is 7.04. The van der Waals surface area contributed by atoms with Gasteiger partial charge in [-0.1, -0.05) is 0 Å². The number of carbonyl (C=O) groups is 1. The fraction of sp³-hybridized carbons (Fsp3) is 0.545. The number of ether oxygens (including phenoxy) is 1. The fourth-order valence-electron chi connectivity index (χ4n) is 1.63. The molecule has 2 N–H and O–H groups in total. The van der Waals surface area contributed by atoms with Gasteiger partial charge in [0.15, 0.2) is 0 Å². The molecule has 15 heavy (non-hydrogen) atoms. The van der Waals surface area contributed by atoms with Crippen LogP contribution in [0.4, 0.5) is 0 Å². The van der Waals surface area contributed by atoms with Crippen molar-refractivity contribution in [1.29, 1.82) is 0 Å². The van der Waals surface area contributed by atoms with Crippen molar-refractivity contribution in [3.63, 3.8) is 0 Å². The van der Waals surface area contributed by atoms with Gasteiger partial charge in [-0.25, -0.2) is 4.79 Å². The van der Waals surface area contributed by atoms with Crippen LogP contribution in [0.3, 0.4) is 0 Å². The van der Waals surface area contributed by atoms with Gasteiger partial charge in [0, 0.05) is 12.0 Å². The van der Waals surface area contributed by atoms with E-state index in [2.05, 4.69) is 4.74 Å². The summed E-state index contributed by atoms with van der Waals surface area (Å²) in [6.07, 6.45) is 2.76. The molecule has 82 valence electrons. The normalized spacial score (nSPS) is 17.5. The van der Waals surface area contributed by atoms with Gasteiger partial charge in [0.1, 0.15) is 17.1 Å². The Morgan fingerprint density at radius 2 is 2.33 bits per heavy atom. The summed E-state index contributed by atoms with van der Waals surface area (Å²) in [6, 6.07) is 1.73. The molecular weight excluding hydrogens is 194 g/mol. The maximum Gasteiger partial charge on any atom is 0.341 e. The van der Waals surface area contributed by atoms with Crippen molar-refractivity contribution < 1.29 is 13.9 Å². The van der Waals surface area contributed by atoms with Crippen LogP contribution in [0.2, 0.25) is 0 Å². The molecule has 0 bridgehead atoms. The Hall–Kier alpha value is -1.29. The molecule has 4 nitrogen and oxygen atoms in total. The molecular formula is C11H15NO3. The van der Waals surface area contributed by atoms with Gasteiger partial charge in [-0.3, -0.25) is 0 Å². The van der Waals surface area contributed by atoms with Gasteiger partial charge in [-0.2, -0.15) is 0 Å². The van der Waals surface area contributed by atoms with Crippen molar-refractivity contribution in [2.45, 2.75) is 31.7 Å². The lowest BCUT2D eigenvalue weighted by molar-refractivity contribution is 0.0599. The van der Waals surface area contributed by atoms with Crippen molar-refractivity contribution in [2.24, 2.45) is 5.73 Å². The highest BCUT2D eigenvalue weighted by molar-refractivity contribution is 5.90. The van der Waals surface area contributed by atoms with Crippen LogP contribution in [0.15, 0.2) is 10.5 Å². The quantitative estimate of drug-likeness (QED) is 0.764. The van der Waals surface area contributed by atoms with Crippen molar-refractivity contribution in [3.05, 3.63) is 23.2 Å². The Balaban J connectivity index is 2.17. The zero-order valence-electron chi connectivity index (χ0n) is 9.00. The number of nitrogens with two attached hydrogens (primary N) is 1. The van der Waals surface area contributed by atoms with Crippen LogP contribution in [0.1, 0.15) is 34.7 Å². The van der Waals surface area contributed by atoms with E-state index >= 15 is 0 Å². The molecule has 1 fully saturated rings. The third kappa shape index (κ3) is 2.04. The van der Waals surface area contributed by atoms with Gasteiger partial charge in [-0.15, -0.1) is 0 Å². The zero-order valence-corrected chi connectivity index (χ0v) is 9.00. The molecule has 4 heteroatoms. The largest absolute Gasteiger partial charge is 0.465 e. The first-order valence-electron chi connectivity index (χ1n) is 5.00. The summed E-state index contributed by atoms with van der Waals surface area (Å²) in [5.74, 6) is 1.01. The van der Waals surface area contributed by atoms with E-state index < -0.39 is 0 Å². The van der Waals surface area contributed by atoms with E-state index in [1.54, 1.807) is 13.0 Å². The SMILES string of the molecule is COC(=O)c1cc(CC2(N)CC2)oc1C. The predicted molar refractivity (Wildman–Crippen MR) is 54.6 cm³/mol. The summed E-state index contributed by atoms with van der Waals surface area (Å²) in [6.45, 7) is 1.76. The Bertz CT molecular complexity index is 391. The maximum atomic E-state index is 11.3. The standard InChI is InChI=1S/C11H15NO3/c1-7-9(10(13)14-2)5-8(15-7)6-11(12)3-4-11/h5H,3-4,6,12H2,1-2H3. The molecule has 1 aliphatic carbocycles. The van der Waals surface area contributed by atoms with Gasteiger partial charge in [0.2, 0.25) is 0 Å². The molecule has 1 saturated carbocycles. The molecule has 0 unspecified atom stereocenters. The Morgan fingerprint density at radius 3 is 2.87 bits per heavy atom. The minimum Gasteiger partial charge on any atom is -0.465 e. The Labute approximate surface area is 88.4 Å². The van der Waals surface area contributed by atoms with Crippen LogP contribution < -0.4 is 5.73 Å². The maximum absolute atomic E-state index is 11.3. The lowest BCUT2D eigenvalue weighted by Crippen LogP contribution is -2.24. The molecule has 1 heterocycles. The van der Waals surface area contributed by atoms with Gasteiger partial charge in [-0.05, 0) is 25.8 Å². The van der Waals surface area contributed by atoms with E-state index in [9.17, 15) is 4.79 Å². The number of furan rings is 1. The first-order valence-corrected chi connectivity index (χ1v) is 5.00. The lowest BCUT2D eigenvalue weighted by Gasteiger charge is -2.03. The summed E-state index contributed by atoms with van der Waals surface area (Å²) in [5.41, 5.74) is 6.37. The highest BCUT2D eigenvalue weighted by Crippen LogP contribution is 2.36. The molecule has 0 amide bonds. The minimum atomic E-state index is -0.357. The monoisotopic (exact) mass is 209 g/mol. The topological polar surface area (TPSA) is 65.5 Å². The molecule has 0 atom stereocenters. The zero-order chi connectivity index (χ0) is 11.1. The fourth-order valence-corrected chi connectivity index (χ4v) is 1.63. The molecule has 1 aromatic rings. The van der Waals surface area contributed by atoms with Crippen LogP contribution in [0.5, 0.6) is 0 Å². The molecule has 1 aliphatic rings. The Kier molecular flexibility index (Phi) is 2.31. The molecule has 2 rings (SSSR count). The minimum absolute atomic E-state index is 0.0995. The number of hydrogen-bond donors (Lipinski definition) is 1. The first kappa shape index (κ1) is 10.2. The predicted octanol–water partition coefficient (Wildman–Crippen LogP) is 1.41. The summed E-state index contributed by atoms with van der Waals surface area (Å²) in [7, 11) is 1.36. The van der Waals surface area contributed by atoms with Gasteiger partial charge >= 0.3 is 5.97 Å². The van der Waals surface area contributed by atoms with Crippen molar-refractivity contribution in [3.8, 4) is 0 Å². The van der Waals surface area contributed by atoms with E-state index in [1.165, 1.54) is 7.11 Å². The second-order valence-corrected chi connectivity index (χ2v) is 4.21. The van der Waals surface area contributed by atoms with Crippen molar-refractivity contribution >= 4 is 5.97 Å². The summed E-state index contributed by atoms with van der Waals surface area (Å²) in [5, 5.41) is 0. The van der Waals surface area contributed by atoms with E-state index in [1.807, 2.05) is 0 Å². The highest BCUT2D eigenvalue weighted by atomic mass is 16.5. The third-order valence-corrected chi connectivity index (χ3v) is 2.79. The highest BCUT2D eigenvalue weighted by Gasteiger charge is 2.39. The lowest BCUT2D eigenvalue weighted by atomic mass is 10.1. The average molecular weight is 209 g/mol. The van der Waals surface area contributed by atoms with Crippen LogP contribution >= 0.6 is 0 Å². The average Bonchev–Trinajstić information content (AvgIpc) is 2.79. The molecule has 0 spiro atoms. The van der Waals surface area contributed by atoms with Gasteiger partial charge < -0.3 is 14.9 Å². The van der Waals surface area contributed by atoms with Crippen molar-refractivity contribution in [2.75, 3.05) is 7.11 Å². The Morgan fingerprint density at radius 1 is 1.67 bits per heavy atom. The van der Waals surface area contributed by atoms with Crippen LogP contribution in [0, 0.1) is 6.92 Å². The van der Waals surface area contributed by atoms with E-state index in [0.717, 1.165) is 18.6 Å². The molecule has 0 saturated heterocycles.